The summed E-state index contributed by atoms with van der Waals surface area (Å²) in [5.41, 5.74) is 5.69. The van der Waals surface area contributed by atoms with Crippen molar-refractivity contribution in [2.45, 2.75) is 22.6 Å². The molecule has 1 nitrogen and oxygen atoms in total. The van der Waals surface area contributed by atoms with E-state index in [1.165, 1.54) is 11.3 Å². The van der Waals surface area contributed by atoms with Crippen molar-refractivity contribution in [2.75, 3.05) is 0 Å². The van der Waals surface area contributed by atoms with Gasteiger partial charge in [-0.3, -0.25) is 0 Å². The minimum Gasteiger partial charge on any atom is -0.327 e. The molecule has 1 fully saturated rings. The predicted molar refractivity (Wildman–Crippen MR) is 48.7 cm³/mol. The molecule has 1 aromatic carbocycles. The van der Waals surface area contributed by atoms with Crippen LogP contribution in [-0.2, 0) is 0 Å². The van der Waals surface area contributed by atoms with Crippen LogP contribution >= 0.6 is 11.8 Å². The Kier molecular flexibility index (Phi) is 1.88. The molecule has 0 saturated heterocycles. The van der Waals surface area contributed by atoms with Crippen LogP contribution in [0.15, 0.2) is 35.2 Å². The van der Waals surface area contributed by atoms with Gasteiger partial charge in [0.05, 0.1) is 0 Å². The fourth-order valence-corrected chi connectivity index (χ4v) is 2.16. The zero-order valence-electron chi connectivity index (χ0n) is 6.23. The van der Waals surface area contributed by atoms with E-state index in [-0.39, 0.29) is 0 Å². The molecule has 0 heterocycles. The lowest BCUT2D eigenvalue weighted by Gasteiger charge is -1.96. The zero-order valence-corrected chi connectivity index (χ0v) is 7.05. The molecule has 0 aromatic heterocycles. The van der Waals surface area contributed by atoms with Crippen molar-refractivity contribution in [3.05, 3.63) is 30.3 Å². The number of rotatable bonds is 2. The smallest absolute Gasteiger partial charge is 0.0261 e. The van der Waals surface area contributed by atoms with Gasteiger partial charge in [-0.1, -0.05) is 18.2 Å². The van der Waals surface area contributed by atoms with Crippen LogP contribution in [0.5, 0.6) is 0 Å². The Labute approximate surface area is 71.0 Å². The van der Waals surface area contributed by atoms with E-state index in [1.54, 1.807) is 0 Å². The van der Waals surface area contributed by atoms with Crippen LogP contribution in [-0.4, -0.2) is 11.3 Å². The molecule has 1 aliphatic carbocycles. The van der Waals surface area contributed by atoms with Gasteiger partial charge in [0.2, 0.25) is 0 Å². The van der Waals surface area contributed by atoms with E-state index < -0.39 is 0 Å². The maximum Gasteiger partial charge on any atom is 0.0261 e. The SMILES string of the molecule is NC1CC1Sc1ccccc1. The van der Waals surface area contributed by atoms with E-state index >= 15 is 0 Å². The van der Waals surface area contributed by atoms with E-state index in [4.69, 9.17) is 5.73 Å². The Balaban J connectivity index is 1.97. The first-order chi connectivity index (χ1) is 5.36. The Bertz CT molecular complexity index is 235. The van der Waals surface area contributed by atoms with Gasteiger partial charge in [0, 0.05) is 16.2 Å². The first-order valence-electron chi connectivity index (χ1n) is 3.83. The number of nitrogens with two attached hydrogens (primary N) is 1. The van der Waals surface area contributed by atoms with Gasteiger partial charge in [0.1, 0.15) is 0 Å². The zero-order chi connectivity index (χ0) is 7.68. The average molecular weight is 165 g/mol. The maximum atomic E-state index is 5.69. The molecule has 0 bridgehead atoms. The van der Waals surface area contributed by atoms with Crippen molar-refractivity contribution in [1.29, 1.82) is 0 Å². The van der Waals surface area contributed by atoms with Gasteiger partial charge >= 0.3 is 0 Å². The predicted octanol–water partition coefficient (Wildman–Crippen LogP) is 1.88. The van der Waals surface area contributed by atoms with E-state index in [0.717, 1.165) is 0 Å². The molecule has 2 heteroatoms. The Hall–Kier alpha value is -0.470. The van der Waals surface area contributed by atoms with E-state index in [0.29, 0.717) is 11.3 Å². The molecule has 0 radical (unpaired) electrons. The lowest BCUT2D eigenvalue weighted by atomic mass is 10.4. The molecule has 2 N–H and O–H groups in total. The van der Waals surface area contributed by atoms with Crippen molar-refractivity contribution in [1.82, 2.24) is 0 Å². The largest absolute Gasteiger partial charge is 0.327 e. The van der Waals surface area contributed by atoms with E-state index in [9.17, 15) is 0 Å². The second-order valence-corrected chi connectivity index (χ2v) is 4.18. The van der Waals surface area contributed by atoms with Crippen molar-refractivity contribution in [3.8, 4) is 0 Å². The molecular weight excluding hydrogens is 154 g/mol. The quantitative estimate of drug-likeness (QED) is 0.724. The molecular formula is C9H11NS. The fraction of sp³-hybridized carbons (Fsp3) is 0.333. The Morgan fingerprint density at radius 1 is 1.27 bits per heavy atom. The summed E-state index contributed by atoms with van der Waals surface area (Å²) in [6.45, 7) is 0. The normalized spacial score (nSPS) is 28.5. The number of hydrogen-bond acceptors (Lipinski definition) is 2. The summed E-state index contributed by atoms with van der Waals surface area (Å²) in [4.78, 5) is 1.34. The summed E-state index contributed by atoms with van der Waals surface area (Å²) in [5.74, 6) is 0. The lowest BCUT2D eigenvalue weighted by Crippen LogP contribution is -2.01. The summed E-state index contributed by atoms with van der Waals surface area (Å²) in [7, 11) is 0. The third kappa shape index (κ3) is 1.76. The van der Waals surface area contributed by atoms with Crippen molar-refractivity contribution < 1.29 is 0 Å². The summed E-state index contributed by atoms with van der Waals surface area (Å²) in [6.07, 6.45) is 1.18. The molecule has 0 spiro atoms. The van der Waals surface area contributed by atoms with E-state index in [2.05, 4.69) is 24.3 Å². The lowest BCUT2D eigenvalue weighted by molar-refractivity contribution is 1.07. The monoisotopic (exact) mass is 165 g/mol. The number of hydrogen-bond donors (Lipinski definition) is 1. The molecule has 1 saturated carbocycles. The third-order valence-electron chi connectivity index (χ3n) is 1.81. The van der Waals surface area contributed by atoms with Crippen molar-refractivity contribution >= 4 is 11.8 Å². The summed E-state index contributed by atoms with van der Waals surface area (Å²) < 4.78 is 0. The molecule has 58 valence electrons. The Morgan fingerprint density at radius 2 is 1.91 bits per heavy atom. The highest BCUT2D eigenvalue weighted by atomic mass is 32.2. The van der Waals surface area contributed by atoms with Crippen LogP contribution in [0.2, 0.25) is 0 Å². The standard InChI is InChI=1S/C9H11NS/c10-8-6-9(8)11-7-4-2-1-3-5-7/h1-5,8-9H,6,10H2. The summed E-state index contributed by atoms with van der Waals surface area (Å²) >= 11 is 1.89. The van der Waals surface area contributed by atoms with E-state index in [1.807, 2.05) is 17.8 Å². The van der Waals surface area contributed by atoms with Crippen molar-refractivity contribution in [2.24, 2.45) is 5.73 Å². The number of thioether (sulfide) groups is 1. The number of benzene rings is 1. The first kappa shape index (κ1) is 7.19. The molecule has 2 atom stereocenters. The second kappa shape index (κ2) is 2.88. The van der Waals surface area contributed by atoms with Crippen LogP contribution in [0.1, 0.15) is 6.42 Å². The van der Waals surface area contributed by atoms with Crippen LogP contribution in [0, 0.1) is 0 Å². The van der Waals surface area contributed by atoms with Gasteiger partial charge in [0.15, 0.2) is 0 Å². The van der Waals surface area contributed by atoms with Gasteiger partial charge in [0.25, 0.3) is 0 Å². The maximum absolute atomic E-state index is 5.69. The van der Waals surface area contributed by atoms with Gasteiger partial charge < -0.3 is 5.73 Å². The van der Waals surface area contributed by atoms with Gasteiger partial charge in [-0.25, -0.2) is 0 Å². The fourth-order valence-electron chi connectivity index (χ4n) is 0.999. The molecule has 2 rings (SSSR count). The second-order valence-electron chi connectivity index (χ2n) is 2.87. The van der Waals surface area contributed by atoms with Crippen molar-refractivity contribution in [3.63, 3.8) is 0 Å². The summed E-state index contributed by atoms with van der Waals surface area (Å²) in [5, 5.41) is 0.678. The highest BCUT2D eigenvalue weighted by Gasteiger charge is 2.33. The van der Waals surface area contributed by atoms with Gasteiger partial charge in [-0.15, -0.1) is 11.8 Å². The highest BCUT2D eigenvalue weighted by Crippen LogP contribution is 2.37. The molecule has 2 unspecified atom stereocenters. The van der Waals surface area contributed by atoms with Crippen LogP contribution in [0.4, 0.5) is 0 Å². The van der Waals surface area contributed by atoms with Gasteiger partial charge in [-0.2, -0.15) is 0 Å². The van der Waals surface area contributed by atoms with Crippen LogP contribution in [0.25, 0.3) is 0 Å². The molecule has 1 aromatic rings. The Morgan fingerprint density at radius 3 is 2.45 bits per heavy atom. The van der Waals surface area contributed by atoms with Gasteiger partial charge in [-0.05, 0) is 18.6 Å². The highest BCUT2D eigenvalue weighted by molar-refractivity contribution is 8.00. The van der Waals surface area contributed by atoms with Crippen LogP contribution < -0.4 is 5.73 Å². The minimum atomic E-state index is 0.445. The van der Waals surface area contributed by atoms with Crippen LogP contribution in [0.3, 0.4) is 0 Å². The minimum absolute atomic E-state index is 0.445. The molecule has 0 aliphatic heterocycles. The first-order valence-corrected chi connectivity index (χ1v) is 4.71. The third-order valence-corrected chi connectivity index (χ3v) is 3.20. The average Bonchev–Trinajstić information content (AvgIpc) is 2.69. The molecule has 0 amide bonds. The molecule has 1 aliphatic rings. The topological polar surface area (TPSA) is 26.0 Å². The summed E-state index contributed by atoms with van der Waals surface area (Å²) in [6, 6.07) is 10.9. The molecule has 11 heavy (non-hydrogen) atoms.